The van der Waals surface area contributed by atoms with Crippen molar-refractivity contribution in [3.05, 3.63) is 40.8 Å². The van der Waals surface area contributed by atoms with Crippen LogP contribution in [0.1, 0.15) is 37.1 Å². The van der Waals surface area contributed by atoms with E-state index in [1.54, 1.807) is 6.07 Å². The lowest BCUT2D eigenvalue weighted by Gasteiger charge is -2.14. The molecule has 2 aromatic rings. The zero-order chi connectivity index (χ0) is 15.4. The number of hydrogen-bond acceptors (Lipinski definition) is 3. The first-order valence-electron chi connectivity index (χ1n) is 7.44. The maximum atomic E-state index is 13.5. The molecule has 0 unspecified atom stereocenters. The molecule has 1 N–H and O–H groups in total. The van der Waals surface area contributed by atoms with Gasteiger partial charge in [0.05, 0.1) is 0 Å². The maximum Gasteiger partial charge on any atom is 0.162 e. The Balaban J connectivity index is 2.54. The zero-order valence-electron chi connectivity index (χ0n) is 13.1. The summed E-state index contributed by atoms with van der Waals surface area (Å²) in [7, 11) is 0. The van der Waals surface area contributed by atoms with Crippen molar-refractivity contribution >= 4 is 5.82 Å². The molecule has 2 rings (SSSR count). The van der Waals surface area contributed by atoms with Gasteiger partial charge in [0.25, 0.3) is 0 Å². The number of aromatic nitrogens is 2. The van der Waals surface area contributed by atoms with Crippen molar-refractivity contribution in [3.63, 3.8) is 0 Å². The lowest BCUT2D eigenvalue weighted by atomic mass is 10.1. The van der Waals surface area contributed by atoms with E-state index in [-0.39, 0.29) is 5.82 Å². The Labute approximate surface area is 125 Å². The largest absolute Gasteiger partial charge is 0.370 e. The molecule has 21 heavy (non-hydrogen) atoms. The van der Waals surface area contributed by atoms with Crippen molar-refractivity contribution in [2.75, 3.05) is 11.9 Å². The van der Waals surface area contributed by atoms with Gasteiger partial charge >= 0.3 is 0 Å². The van der Waals surface area contributed by atoms with Crippen LogP contribution in [0.15, 0.2) is 18.2 Å². The monoisotopic (exact) mass is 287 g/mol. The molecule has 4 heteroatoms. The van der Waals surface area contributed by atoms with Crippen LogP contribution in [0.2, 0.25) is 0 Å². The summed E-state index contributed by atoms with van der Waals surface area (Å²) >= 11 is 0. The predicted octanol–water partition coefficient (Wildman–Crippen LogP) is 4.28. The first-order valence-corrected chi connectivity index (χ1v) is 7.44. The van der Waals surface area contributed by atoms with Crippen molar-refractivity contribution < 1.29 is 4.39 Å². The van der Waals surface area contributed by atoms with Gasteiger partial charge in [-0.15, -0.1) is 0 Å². The normalized spacial score (nSPS) is 10.7. The molecule has 1 aromatic heterocycles. The Morgan fingerprint density at radius 3 is 2.57 bits per heavy atom. The smallest absolute Gasteiger partial charge is 0.162 e. The molecular formula is C17H22FN3. The molecule has 0 saturated heterocycles. The number of anilines is 1. The van der Waals surface area contributed by atoms with E-state index in [0.29, 0.717) is 5.82 Å². The van der Waals surface area contributed by atoms with E-state index in [1.165, 1.54) is 12.1 Å². The Morgan fingerprint density at radius 2 is 1.90 bits per heavy atom. The highest BCUT2D eigenvalue weighted by atomic mass is 19.1. The van der Waals surface area contributed by atoms with E-state index in [9.17, 15) is 4.39 Å². The Hall–Kier alpha value is -1.97. The van der Waals surface area contributed by atoms with E-state index in [1.807, 2.05) is 13.8 Å². The van der Waals surface area contributed by atoms with Crippen molar-refractivity contribution in [2.45, 2.75) is 40.5 Å². The first kappa shape index (κ1) is 15.4. The molecular weight excluding hydrogens is 265 g/mol. The molecule has 0 spiro atoms. The van der Waals surface area contributed by atoms with E-state index in [0.717, 1.165) is 47.6 Å². The number of halogens is 1. The summed E-state index contributed by atoms with van der Waals surface area (Å²) in [6.07, 6.45) is 1.90. The number of rotatable bonds is 5. The number of nitrogens with zero attached hydrogens (tertiary/aromatic N) is 2. The van der Waals surface area contributed by atoms with Crippen molar-refractivity contribution in [1.29, 1.82) is 0 Å². The molecule has 0 aliphatic carbocycles. The molecule has 0 fully saturated rings. The molecule has 112 valence electrons. The summed E-state index contributed by atoms with van der Waals surface area (Å²) in [6.45, 7) is 9.00. The average Bonchev–Trinajstić information content (AvgIpc) is 2.47. The summed E-state index contributed by atoms with van der Waals surface area (Å²) < 4.78 is 13.5. The predicted molar refractivity (Wildman–Crippen MR) is 85.1 cm³/mol. The third-order valence-electron chi connectivity index (χ3n) is 3.55. The van der Waals surface area contributed by atoms with E-state index in [4.69, 9.17) is 0 Å². The third kappa shape index (κ3) is 3.38. The van der Waals surface area contributed by atoms with Crippen molar-refractivity contribution in [1.82, 2.24) is 9.97 Å². The fourth-order valence-electron chi connectivity index (χ4n) is 2.36. The lowest BCUT2D eigenvalue weighted by Crippen LogP contribution is -2.09. The van der Waals surface area contributed by atoms with Gasteiger partial charge in [-0.3, -0.25) is 0 Å². The van der Waals surface area contributed by atoms with Gasteiger partial charge in [-0.1, -0.05) is 19.9 Å². The van der Waals surface area contributed by atoms with Crippen LogP contribution >= 0.6 is 0 Å². The topological polar surface area (TPSA) is 37.8 Å². The molecule has 0 atom stereocenters. The van der Waals surface area contributed by atoms with Crippen LogP contribution in [0, 0.1) is 19.7 Å². The van der Waals surface area contributed by atoms with Gasteiger partial charge in [-0.25, -0.2) is 14.4 Å². The van der Waals surface area contributed by atoms with Gasteiger partial charge in [0.15, 0.2) is 5.82 Å². The summed E-state index contributed by atoms with van der Waals surface area (Å²) in [6, 6.07) is 4.72. The van der Waals surface area contributed by atoms with Gasteiger partial charge in [-0.2, -0.15) is 0 Å². The molecule has 3 nitrogen and oxygen atoms in total. The second-order valence-electron chi connectivity index (χ2n) is 5.20. The highest BCUT2D eigenvalue weighted by Crippen LogP contribution is 2.25. The van der Waals surface area contributed by atoms with Gasteiger partial charge < -0.3 is 5.32 Å². The van der Waals surface area contributed by atoms with Gasteiger partial charge in [-0.05, 0) is 44.4 Å². The van der Waals surface area contributed by atoms with E-state index >= 15 is 0 Å². The van der Waals surface area contributed by atoms with Crippen molar-refractivity contribution in [2.24, 2.45) is 0 Å². The zero-order valence-corrected chi connectivity index (χ0v) is 13.1. The SMILES string of the molecule is CCCNc1nc(-c2cc(F)ccc2C)nc(C)c1CC. The molecule has 0 bridgehead atoms. The second-order valence-corrected chi connectivity index (χ2v) is 5.20. The summed E-state index contributed by atoms with van der Waals surface area (Å²) in [5, 5.41) is 3.35. The van der Waals surface area contributed by atoms with Crippen LogP contribution in [0.3, 0.4) is 0 Å². The van der Waals surface area contributed by atoms with Crippen LogP contribution in [0.25, 0.3) is 11.4 Å². The molecule has 1 aromatic carbocycles. The van der Waals surface area contributed by atoms with Gasteiger partial charge in [0.2, 0.25) is 0 Å². The Morgan fingerprint density at radius 1 is 1.14 bits per heavy atom. The summed E-state index contributed by atoms with van der Waals surface area (Å²) in [5.74, 6) is 1.19. The van der Waals surface area contributed by atoms with Crippen LogP contribution in [-0.4, -0.2) is 16.5 Å². The molecule has 0 amide bonds. The minimum atomic E-state index is -0.264. The first-order chi connectivity index (χ1) is 10.1. The maximum absolute atomic E-state index is 13.5. The highest BCUT2D eigenvalue weighted by Gasteiger charge is 2.13. The van der Waals surface area contributed by atoms with Crippen LogP contribution in [-0.2, 0) is 6.42 Å². The fourth-order valence-corrected chi connectivity index (χ4v) is 2.36. The van der Waals surface area contributed by atoms with Crippen LogP contribution < -0.4 is 5.32 Å². The van der Waals surface area contributed by atoms with Crippen LogP contribution in [0.4, 0.5) is 10.2 Å². The quantitative estimate of drug-likeness (QED) is 0.891. The molecule has 0 saturated carbocycles. The fraction of sp³-hybridized carbons (Fsp3) is 0.412. The summed E-state index contributed by atoms with van der Waals surface area (Å²) in [5.41, 5.74) is 3.80. The van der Waals surface area contributed by atoms with E-state index < -0.39 is 0 Å². The minimum Gasteiger partial charge on any atom is -0.370 e. The van der Waals surface area contributed by atoms with Gasteiger partial charge in [0.1, 0.15) is 11.6 Å². The number of benzene rings is 1. The lowest BCUT2D eigenvalue weighted by molar-refractivity contribution is 0.627. The minimum absolute atomic E-state index is 0.264. The molecule has 1 heterocycles. The molecule has 0 radical (unpaired) electrons. The van der Waals surface area contributed by atoms with E-state index in [2.05, 4.69) is 29.1 Å². The highest BCUT2D eigenvalue weighted by molar-refractivity contribution is 5.63. The van der Waals surface area contributed by atoms with Crippen molar-refractivity contribution in [3.8, 4) is 11.4 Å². The average molecular weight is 287 g/mol. The summed E-state index contributed by atoms with van der Waals surface area (Å²) in [4.78, 5) is 9.19. The third-order valence-corrected chi connectivity index (χ3v) is 3.55. The molecule has 0 aliphatic heterocycles. The number of nitrogens with one attached hydrogen (secondary N) is 1. The number of hydrogen-bond donors (Lipinski definition) is 1. The second kappa shape index (κ2) is 6.66. The standard InChI is InChI=1S/C17H22FN3/c1-5-9-19-16-14(6-2)12(4)20-17(21-16)15-10-13(18)8-7-11(15)3/h7-8,10H,5-6,9H2,1-4H3,(H,19,20,21). The number of aryl methyl sites for hydroxylation is 2. The Kier molecular flexibility index (Phi) is 4.89. The Bertz CT molecular complexity index is 638. The molecule has 0 aliphatic rings. The van der Waals surface area contributed by atoms with Gasteiger partial charge in [0, 0.05) is 23.4 Å². The van der Waals surface area contributed by atoms with Crippen LogP contribution in [0.5, 0.6) is 0 Å².